The fraction of sp³-hybridized carbons (Fsp3) is 0.182. The Labute approximate surface area is 168 Å². The van der Waals surface area contributed by atoms with E-state index in [-0.39, 0.29) is 0 Å². The molecule has 4 aromatic rings. The van der Waals surface area contributed by atoms with Crippen LogP contribution in [-0.4, -0.2) is 9.97 Å². The molecule has 0 atom stereocenters. The fourth-order valence-corrected chi connectivity index (χ4v) is 4.44. The second-order valence-corrected chi connectivity index (χ2v) is 8.38. The second-order valence-electron chi connectivity index (χ2n) is 6.77. The topological polar surface area (TPSA) is 37.8 Å². The summed E-state index contributed by atoms with van der Waals surface area (Å²) >= 11 is 7.99. The van der Waals surface area contributed by atoms with Gasteiger partial charge in [0.2, 0.25) is 0 Å². The van der Waals surface area contributed by atoms with Crippen molar-refractivity contribution in [3.63, 3.8) is 0 Å². The van der Waals surface area contributed by atoms with E-state index in [0.717, 1.165) is 32.3 Å². The lowest BCUT2D eigenvalue weighted by atomic mass is 9.99. The normalized spacial score (nSPS) is 11.1. The van der Waals surface area contributed by atoms with Crippen molar-refractivity contribution in [2.24, 2.45) is 0 Å². The molecule has 27 heavy (non-hydrogen) atoms. The Morgan fingerprint density at radius 3 is 2.56 bits per heavy atom. The highest BCUT2D eigenvalue weighted by Gasteiger charge is 2.18. The summed E-state index contributed by atoms with van der Waals surface area (Å²) in [4.78, 5) is 11.3. The summed E-state index contributed by atoms with van der Waals surface area (Å²) < 4.78 is 0. The number of aryl methyl sites for hydroxylation is 3. The molecule has 2 aromatic carbocycles. The van der Waals surface area contributed by atoms with E-state index in [4.69, 9.17) is 11.6 Å². The van der Waals surface area contributed by atoms with Crippen molar-refractivity contribution in [3.05, 3.63) is 69.3 Å². The van der Waals surface area contributed by atoms with Gasteiger partial charge < -0.3 is 5.32 Å². The number of nitrogens with zero attached hydrogens (tertiary/aromatic N) is 2. The van der Waals surface area contributed by atoms with Crippen LogP contribution in [0.2, 0.25) is 5.02 Å². The summed E-state index contributed by atoms with van der Waals surface area (Å²) in [6.07, 6.45) is 1.62. The molecule has 0 bridgehead atoms. The standard InChI is InChI=1S/C22H20ClN3S/c1-12-8-9-16(10-13(12)2)19-15(4)27-22-20(19)21(24-11-25-22)26-18-7-5-6-17(23)14(18)3/h5-11H,1-4H3,(H,24,25,26). The van der Waals surface area contributed by atoms with Gasteiger partial charge in [-0.25, -0.2) is 9.97 Å². The maximum atomic E-state index is 6.29. The van der Waals surface area contributed by atoms with Crippen LogP contribution in [0.15, 0.2) is 42.7 Å². The third kappa shape index (κ3) is 3.20. The van der Waals surface area contributed by atoms with Gasteiger partial charge in [-0.15, -0.1) is 11.3 Å². The fourth-order valence-electron chi connectivity index (χ4n) is 3.25. The molecule has 1 N–H and O–H groups in total. The molecule has 0 spiro atoms. The van der Waals surface area contributed by atoms with Gasteiger partial charge >= 0.3 is 0 Å². The number of aromatic nitrogens is 2. The molecule has 0 aliphatic heterocycles. The van der Waals surface area contributed by atoms with Gasteiger partial charge in [0.1, 0.15) is 17.0 Å². The van der Waals surface area contributed by atoms with Gasteiger partial charge in [0.05, 0.1) is 5.39 Å². The molecule has 0 aliphatic carbocycles. The number of benzene rings is 2. The minimum absolute atomic E-state index is 0.737. The van der Waals surface area contributed by atoms with Crippen LogP contribution >= 0.6 is 22.9 Å². The zero-order valence-electron chi connectivity index (χ0n) is 15.7. The SMILES string of the molecule is Cc1ccc(-c2c(C)sc3ncnc(Nc4cccc(Cl)c4C)c23)cc1C. The molecule has 0 unspecified atom stereocenters. The number of anilines is 2. The van der Waals surface area contributed by atoms with Crippen molar-refractivity contribution in [1.29, 1.82) is 0 Å². The highest BCUT2D eigenvalue weighted by atomic mass is 35.5. The van der Waals surface area contributed by atoms with Crippen LogP contribution < -0.4 is 5.32 Å². The van der Waals surface area contributed by atoms with Gasteiger partial charge in [-0.1, -0.05) is 35.9 Å². The van der Waals surface area contributed by atoms with Gasteiger partial charge in [0.25, 0.3) is 0 Å². The molecule has 0 saturated carbocycles. The first kappa shape index (κ1) is 18.0. The molecule has 0 saturated heterocycles. The van der Waals surface area contributed by atoms with E-state index >= 15 is 0 Å². The Morgan fingerprint density at radius 1 is 0.963 bits per heavy atom. The molecule has 2 heterocycles. The summed E-state index contributed by atoms with van der Waals surface area (Å²) in [5.41, 5.74) is 6.93. The number of nitrogens with one attached hydrogen (secondary N) is 1. The first-order chi connectivity index (χ1) is 13.0. The number of thiophene rings is 1. The first-order valence-electron chi connectivity index (χ1n) is 8.79. The Morgan fingerprint density at radius 2 is 1.78 bits per heavy atom. The van der Waals surface area contributed by atoms with Crippen LogP contribution in [-0.2, 0) is 0 Å². The summed E-state index contributed by atoms with van der Waals surface area (Å²) in [6.45, 7) is 8.43. The van der Waals surface area contributed by atoms with Crippen LogP contribution in [0.4, 0.5) is 11.5 Å². The summed E-state index contributed by atoms with van der Waals surface area (Å²) in [5.74, 6) is 0.808. The van der Waals surface area contributed by atoms with Crippen LogP contribution in [0.25, 0.3) is 21.3 Å². The van der Waals surface area contributed by atoms with Crippen molar-refractivity contribution >= 4 is 44.7 Å². The van der Waals surface area contributed by atoms with Crippen molar-refractivity contribution in [2.45, 2.75) is 27.7 Å². The minimum atomic E-state index is 0.737. The summed E-state index contributed by atoms with van der Waals surface area (Å²) in [7, 11) is 0. The van der Waals surface area contributed by atoms with Gasteiger partial charge in [-0.3, -0.25) is 0 Å². The maximum Gasteiger partial charge on any atom is 0.143 e. The molecule has 2 aromatic heterocycles. The zero-order valence-corrected chi connectivity index (χ0v) is 17.3. The van der Waals surface area contributed by atoms with Gasteiger partial charge in [-0.05, 0) is 62.1 Å². The zero-order chi connectivity index (χ0) is 19.1. The highest BCUT2D eigenvalue weighted by Crippen LogP contribution is 2.41. The Hall–Kier alpha value is -2.43. The lowest BCUT2D eigenvalue weighted by Crippen LogP contribution is -1.98. The number of fused-ring (bicyclic) bond motifs is 1. The lowest BCUT2D eigenvalue weighted by Gasteiger charge is -2.12. The quantitative estimate of drug-likeness (QED) is 0.407. The number of halogens is 1. The first-order valence-corrected chi connectivity index (χ1v) is 9.99. The highest BCUT2D eigenvalue weighted by molar-refractivity contribution is 7.19. The average molecular weight is 394 g/mol. The molecule has 0 radical (unpaired) electrons. The molecule has 136 valence electrons. The number of hydrogen-bond acceptors (Lipinski definition) is 4. The van der Waals surface area contributed by atoms with Gasteiger partial charge in [-0.2, -0.15) is 0 Å². The number of rotatable bonds is 3. The van der Waals surface area contributed by atoms with E-state index in [1.54, 1.807) is 17.7 Å². The van der Waals surface area contributed by atoms with Gasteiger partial charge in [0.15, 0.2) is 0 Å². The van der Waals surface area contributed by atoms with Crippen molar-refractivity contribution in [3.8, 4) is 11.1 Å². The van der Waals surface area contributed by atoms with Crippen LogP contribution in [0.5, 0.6) is 0 Å². The Balaban J connectivity index is 1.92. The average Bonchev–Trinajstić information content (AvgIpc) is 2.98. The number of hydrogen-bond donors (Lipinski definition) is 1. The predicted octanol–water partition coefficient (Wildman–Crippen LogP) is 6.99. The molecule has 5 heteroatoms. The molecular formula is C22H20ClN3S. The largest absolute Gasteiger partial charge is 0.339 e. The van der Waals surface area contributed by atoms with Crippen LogP contribution in [0.1, 0.15) is 21.6 Å². The van der Waals surface area contributed by atoms with Crippen molar-refractivity contribution in [2.75, 3.05) is 5.32 Å². The molecular weight excluding hydrogens is 374 g/mol. The summed E-state index contributed by atoms with van der Waals surface area (Å²) in [6, 6.07) is 12.4. The van der Waals surface area contributed by atoms with Gasteiger partial charge in [0, 0.05) is 21.2 Å². The smallest absolute Gasteiger partial charge is 0.143 e. The third-order valence-electron chi connectivity index (χ3n) is 4.98. The van der Waals surface area contributed by atoms with E-state index in [1.807, 2.05) is 25.1 Å². The molecule has 4 rings (SSSR count). The monoisotopic (exact) mass is 393 g/mol. The Kier molecular flexibility index (Phi) is 4.62. The molecule has 3 nitrogen and oxygen atoms in total. The minimum Gasteiger partial charge on any atom is -0.339 e. The van der Waals surface area contributed by atoms with Crippen LogP contribution in [0.3, 0.4) is 0 Å². The lowest BCUT2D eigenvalue weighted by molar-refractivity contribution is 1.23. The predicted molar refractivity (Wildman–Crippen MR) is 117 cm³/mol. The van der Waals surface area contributed by atoms with Crippen LogP contribution in [0, 0.1) is 27.7 Å². The molecule has 0 amide bonds. The van der Waals surface area contributed by atoms with E-state index in [2.05, 4.69) is 54.3 Å². The van der Waals surface area contributed by atoms with E-state index in [1.165, 1.54) is 27.1 Å². The summed E-state index contributed by atoms with van der Waals surface area (Å²) in [5, 5.41) is 5.27. The molecule has 0 aliphatic rings. The van der Waals surface area contributed by atoms with E-state index < -0.39 is 0 Å². The van der Waals surface area contributed by atoms with Crippen molar-refractivity contribution < 1.29 is 0 Å². The second kappa shape index (κ2) is 6.95. The molecule has 0 fully saturated rings. The third-order valence-corrected chi connectivity index (χ3v) is 6.40. The Bertz CT molecular complexity index is 1160. The maximum absolute atomic E-state index is 6.29. The van der Waals surface area contributed by atoms with E-state index in [9.17, 15) is 0 Å². The van der Waals surface area contributed by atoms with E-state index in [0.29, 0.717) is 0 Å². The van der Waals surface area contributed by atoms with Crippen molar-refractivity contribution in [1.82, 2.24) is 9.97 Å².